The summed E-state index contributed by atoms with van der Waals surface area (Å²) in [4.78, 5) is 6.17. The minimum absolute atomic E-state index is 0.186. The van der Waals surface area contributed by atoms with Crippen LogP contribution in [0, 0.1) is 0 Å². The van der Waals surface area contributed by atoms with E-state index in [0.717, 1.165) is 22.0 Å². The zero-order valence-corrected chi connectivity index (χ0v) is 40.2. The Morgan fingerprint density at radius 3 is 1.72 bits per heavy atom. The Balaban J connectivity index is 1.05. The Kier molecular flexibility index (Phi) is 9.77. The first kappa shape index (κ1) is 40.7. The van der Waals surface area contributed by atoms with Gasteiger partial charge in [-0.05, 0) is 105 Å². The molecule has 0 amide bonds. The van der Waals surface area contributed by atoms with Gasteiger partial charge in [0.15, 0.2) is 13.0 Å². The van der Waals surface area contributed by atoms with Crippen molar-refractivity contribution in [2.75, 3.05) is 0 Å². The summed E-state index contributed by atoms with van der Waals surface area (Å²) >= 11 is 1.83. The molecule has 0 saturated heterocycles. The number of thiazole rings is 1. The SMILES string of the molecule is CC1(C)c2ccccc2Oc2c(-c3ccc([Si](c4ccccc4)(c4ccccc4)c4ccc(-c5cccc6c5sc5nc7ccccc7n56)c(C5CCCC5)c4)cc3C3CCCC3)cccc21. The summed E-state index contributed by atoms with van der Waals surface area (Å²) in [7, 11) is -2.95. The topological polar surface area (TPSA) is 26.5 Å². The van der Waals surface area contributed by atoms with Crippen molar-refractivity contribution >= 4 is 66.4 Å². The molecule has 5 heteroatoms. The summed E-state index contributed by atoms with van der Waals surface area (Å²) in [6.07, 6.45) is 9.95. The van der Waals surface area contributed by atoms with Gasteiger partial charge in [-0.3, -0.25) is 4.40 Å². The highest BCUT2D eigenvalue weighted by Crippen LogP contribution is 2.52. The zero-order chi connectivity index (χ0) is 44.7. The van der Waals surface area contributed by atoms with Crippen molar-refractivity contribution in [3.8, 4) is 33.8 Å². The highest BCUT2D eigenvalue weighted by Gasteiger charge is 2.43. The van der Waals surface area contributed by atoms with Crippen molar-refractivity contribution in [1.29, 1.82) is 0 Å². The fourth-order valence-electron chi connectivity index (χ4n) is 12.7. The maximum Gasteiger partial charge on any atom is 0.195 e. The molecule has 3 nitrogen and oxygen atoms in total. The molecular formula is C62H54N2OSSi. The van der Waals surface area contributed by atoms with Crippen LogP contribution in [0.15, 0.2) is 182 Å². The first-order valence-electron chi connectivity index (χ1n) is 24.6. The molecule has 3 aliphatic rings. The Labute approximate surface area is 398 Å². The highest BCUT2D eigenvalue weighted by molar-refractivity contribution is 7.24. The van der Waals surface area contributed by atoms with Crippen LogP contribution in [-0.2, 0) is 5.41 Å². The molecule has 0 unspecified atom stereocenters. The molecule has 0 atom stereocenters. The van der Waals surface area contributed by atoms with Crippen LogP contribution in [0.2, 0.25) is 0 Å². The number of rotatable bonds is 8. The number of hydrogen-bond donors (Lipinski definition) is 0. The predicted octanol–water partition coefficient (Wildman–Crippen LogP) is 14.2. The van der Waals surface area contributed by atoms with Crippen LogP contribution in [0.4, 0.5) is 0 Å². The number of imidazole rings is 1. The van der Waals surface area contributed by atoms with Gasteiger partial charge in [-0.2, -0.15) is 0 Å². The lowest BCUT2D eigenvalue weighted by atomic mass is 9.74. The fourth-order valence-corrected chi connectivity index (χ4v) is 18.7. The van der Waals surface area contributed by atoms with E-state index in [4.69, 9.17) is 9.72 Å². The summed E-state index contributed by atoms with van der Waals surface area (Å²) < 4.78 is 10.7. The third-order valence-corrected chi connectivity index (χ3v) is 21.8. The summed E-state index contributed by atoms with van der Waals surface area (Å²) in [5, 5.41) is 5.75. The maximum absolute atomic E-state index is 6.99. The third-order valence-electron chi connectivity index (χ3n) is 16.0. The molecule has 3 heterocycles. The molecule has 1 aliphatic heterocycles. The van der Waals surface area contributed by atoms with Gasteiger partial charge in [-0.25, -0.2) is 4.98 Å². The number of ether oxygens (including phenoxy) is 1. The van der Waals surface area contributed by atoms with Crippen LogP contribution in [0.25, 0.3) is 48.5 Å². The molecule has 0 N–H and O–H groups in total. The molecule has 8 aromatic carbocycles. The number of nitrogens with zero attached hydrogens (tertiary/aromatic N) is 2. The Bertz CT molecular complexity index is 3460. The third kappa shape index (κ3) is 6.38. The van der Waals surface area contributed by atoms with Crippen LogP contribution in [0.5, 0.6) is 11.5 Å². The monoisotopic (exact) mass is 902 g/mol. The van der Waals surface area contributed by atoms with Crippen molar-refractivity contribution in [2.45, 2.75) is 82.5 Å². The molecule has 0 spiro atoms. The van der Waals surface area contributed by atoms with Crippen LogP contribution in [-0.4, -0.2) is 17.5 Å². The molecule has 13 rings (SSSR count). The van der Waals surface area contributed by atoms with Gasteiger partial charge < -0.3 is 4.74 Å². The predicted molar refractivity (Wildman–Crippen MR) is 284 cm³/mol. The molecule has 67 heavy (non-hydrogen) atoms. The fraction of sp³-hybridized carbons (Fsp3) is 0.210. The van der Waals surface area contributed by atoms with Crippen molar-refractivity contribution < 1.29 is 4.74 Å². The van der Waals surface area contributed by atoms with Gasteiger partial charge in [-0.1, -0.05) is 209 Å². The average Bonchev–Trinajstić information content (AvgIpc) is 4.22. The van der Waals surface area contributed by atoms with Crippen LogP contribution >= 0.6 is 11.3 Å². The minimum Gasteiger partial charge on any atom is -0.456 e. The number of hydrogen-bond acceptors (Lipinski definition) is 3. The first-order chi connectivity index (χ1) is 33.0. The molecular weight excluding hydrogens is 849 g/mol. The van der Waals surface area contributed by atoms with E-state index >= 15 is 0 Å². The van der Waals surface area contributed by atoms with Crippen molar-refractivity contribution in [3.63, 3.8) is 0 Å². The number of benzene rings is 8. The zero-order valence-electron chi connectivity index (χ0n) is 38.3. The molecule has 2 fully saturated rings. The molecule has 10 aromatic rings. The van der Waals surface area contributed by atoms with Crippen LogP contribution in [0.3, 0.4) is 0 Å². The van der Waals surface area contributed by atoms with Crippen molar-refractivity contribution in [1.82, 2.24) is 9.38 Å². The molecule has 328 valence electrons. The van der Waals surface area contributed by atoms with Gasteiger partial charge >= 0.3 is 0 Å². The van der Waals surface area contributed by atoms with Gasteiger partial charge in [0.25, 0.3) is 0 Å². The second-order valence-corrected chi connectivity index (χ2v) is 24.7. The largest absolute Gasteiger partial charge is 0.456 e. The van der Waals surface area contributed by atoms with Gasteiger partial charge in [0, 0.05) is 27.7 Å². The van der Waals surface area contributed by atoms with E-state index in [1.807, 2.05) is 11.3 Å². The van der Waals surface area contributed by atoms with Crippen molar-refractivity contribution in [3.05, 3.63) is 204 Å². The van der Waals surface area contributed by atoms with E-state index in [-0.39, 0.29) is 5.41 Å². The van der Waals surface area contributed by atoms with E-state index in [0.29, 0.717) is 11.8 Å². The van der Waals surface area contributed by atoms with Gasteiger partial charge in [0.2, 0.25) is 0 Å². The smallest absolute Gasteiger partial charge is 0.195 e. The van der Waals surface area contributed by atoms with Crippen LogP contribution < -0.4 is 25.5 Å². The van der Waals surface area contributed by atoms with E-state index < -0.39 is 8.07 Å². The number of aromatic nitrogens is 2. The van der Waals surface area contributed by atoms with E-state index in [1.54, 1.807) is 0 Å². The average molecular weight is 903 g/mol. The second-order valence-electron chi connectivity index (χ2n) is 19.9. The minimum atomic E-state index is -2.95. The molecule has 2 aliphatic carbocycles. The van der Waals surface area contributed by atoms with Gasteiger partial charge in [0.05, 0.1) is 21.3 Å². The Morgan fingerprint density at radius 1 is 0.507 bits per heavy atom. The lowest BCUT2D eigenvalue weighted by Crippen LogP contribution is -2.74. The number of fused-ring (bicyclic) bond motifs is 7. The normalized spacial score (nSPS) is 16.1. The van der Waals surface area contributed by atoms with E-state index in [9.17, 15) is 0 Å². The van der Waals surface area contributed by atoms with Gasteiger partial charge in [0.1, 0.15) is 11.5 Å². The molecule has 0 bridgehead atoms. The number of para-hydroxylation sites is 4. The second kappa shape index (κ2) is 16.1. The van der Waals surface area contributed by atoms with Gasteiger partial charge in [-0.15, -0.1) is 0 Å². The quantitative estimate of drug-likeness (QED) is 0.112. The summed E-state index contributed by atoms with van der Waals surface area (Å²) in [6.45, 7) is 4.70. The van der Waals surface area contributed by atoms with E-state index in [1.165, 1.54) is 132 Å². The van der Waals surface area contributed by atoms with Crippen LogP contribution in [0.1, 0.15) is 99.3 Å². The van der Waals surface area contributed by atoms with E-state index in [2.05, 4.69) is 200 Å². The summed E-state index contributed by atoms with van der Waals surface area (Å²) in [5.41, 5.74) is 14.0. The highest BCUT2D eigenvalue weighted by atomic mass is 32.1. The standard InChI is InChI=1S/C62H54N2OSSi/c1-62(2)53-29-13-16-34-58(53)65-59-49(27-17-30-54(59)62)47-37-35-45(39-51(47)41-19-9-10-20-41)67(43-23-5-3-6-24-43,44-25-7-4-8-26-44)46-36-38-48(52(40-46)42-21-11-12-22-42)50-28-18-33-57-60(50)66-61-63-55-31-14-15-32-56(55)64(57)61/h3-8,13-18,23-42H,9-12,19-22H2,1-2H3. The molecule has 2 saturated carbocycles. The lowest BCUT2D eigenvalue weighted by Gasteiger charge is -2.37. The Hall–Kier alpha value is -6.53. The summed E-state index contributed by atoms with van der Waals surface area (Å²) in [5.74, 6) is 2.95. The molecule has 0 radical (unpaired) electrons. The van der Waals surface area contributed by atoms with Crippen molar-refractivity contribution in [2.24, 2.45) is 0 Å². The Morgan fingerprint density at radius 2 is 1.04 bits per heavy atom. The lowest BCUT2D eigenvalue weighted by molar-refractivity contribution is 0.419. The summed E-state index contributed by atoms with van der Waals surface area (Å²) in [6, 6.07) is 69.6. The maximum atomic E-state index is 6.99. The molecule has 2 aromatic heterocycles. The first-order valence-corrected chi connectivity index (χ1v) is 27.4.